The zero-order valence-corrected chi connectivity index (χ0v) is 18.4. The van der Waals surface area contributed by atoms with Crippen molar-refractivity contribution in [3.8, 4) is 11.5 Å². The Morgan fingerprint density at radius 1 is 1.17 bits per heavy atom. The molecule has 0 bridgehead atoms. The van der Waals surface area contributed by atoms with Gasteiger partial charge in [0.2, 0.25) is 0 Å². The molecular weight excluding hydrogens is 481 g/mol. The number of hydrogen-bond donors (Lipinski definition) is 2. The highest BCUT2D eigenvalue weighted by molar-refractivity contribution is 14.1. The van der Waals surface area contributed by atoms with E-state index in [-0.39, 0.29) is 12.5 Å². The third-order valence-corrected chi connectivity index (χ3v) is 4.97. The van der Waals surface area contributed by atoms with Crippen LogP contribution in [0.3, 0.4) is 0 Å². The lowest BCUT2D eigenvalue weighted by atomic mass is 10.1. The molecule has 7 heteroatoms. The minimum absolute atomic E-state index is 0.121. The normalized spacial score (nSPS) is 10.9. The Morgan fingerprint density at radius 2 is 1.97 bits per heavy atom. The monoisotopic (exact) mass is 503 g/mol. The van der Waals surface area contributed by atoms with Crippen molar-refractivity contribution < 1.29 is 14.3 Å². The maximum atomic E-state index is 12.1. The number of ether oxygens (including phenoxy) is 2. The zero-order valence-electron chi connectivity index (χ0n) is 16.2. The van der Waals surface area contributed by atoms with Crippen molar-refractivity contribution in [2.24, 2.45) is 5.10 Å². The summed E-state index contributed by atoms with van der Waals surface area (Å²) in [5.41, 5.74) is 4.26. The standard InChI is InChI=1S/C22H22IN3O3/c1-3-29-20-12-15(11-18(23)22(20)28-2)13-25-26-21(27)14-24-19-10-6-8-16-7-4-5-9-17(16)19/h4-13,24H,3,14H2,1-2H3,(H,26,27)/b25-13-. The van der Waals surface area contributed by atoms with Crippen molar-refractivity contribution in [3.05, 3.63) is 63.7 Å². The van der Waals surface area contributed by atoms with Crippen LogP contribution in [0.4, 0.5) is 5.69 Å². The number of carbonyl (C=O) groups excluding carboxylic acids is 1. The molecule has 0 aromatic heterocycles. The molecule has 0 radical (unpaired) electrons. The van der Waals surface area contributed by atoms with Crippen molar-refractivity contribution in [2.45, 2.75) is 6.92 Å². The Kier molecular flexibility index (Phi) is 7.29. The molecule has 0 atom stereocenters. The molecule has 0 aliphatic rings. The summed E-state index contributed by atoms with van der Waals surface area (Å²) in [5.74, 6) is 1.10. The van der Waals surface area contributed by atoms with E-state index in [1.807, 2.05) is 61.5 Å². The van der Waals surface area contributed by atoms with Crippen molar-refractivity contribution in [3.63, 3.8) is 0 Å². The summed E-state index contributed by atoms with van der Waals surface area (Å²) in [7, 11) is 1.61. The van der Waals surface area contributed by atoms with Gasteiger partial charge in [-0.05, 0) is 58.7 Å². The predicted octanol–water partition coefficient (Wildman–Crippen LogP) is 4.41. The molecule has 2 N–H and O–H groups in total. The summed E-state index contributed by atoms with van der Waals surface area (Å²) in [6.45, 7) is 2.57. The van der Waals surface area contributed by atoms with Crippen LogP contribution in [0, 0.1) is 3.57 Å². The van der Waals surface area contributed by atoms with Crippen LogP contribution in [-0.4, -0.2) is 32.4 Å². The molecule has 0 unspecified atom stereocenters. The number of rotatable bonds is 8. The molecule has 0 aliphatic heterocycles. The zero-order chi connectivity index (χ0) is 20.6. The molecule has 6 nitrogen and oxygen atoms in total. The Bertz CT molecular complexity index is 1030. The van der Waals surface area contributed by atoms with Gasteiger partial charge >= 0.3 is 0 Å². The molecule has 150 valence electrons. The smallest absolute Gasteiger partial charge is 0.259 e. The van der Waals surface area contributed by atoms with Crippen LogP contribution in [0.2, 0.25) is 0 Å². The average molecular weight is 503 g/mol. The summed E-state index contributed by atoms with van der Waals surface area (Å²) in [6.07, 6.45) is 1.58. The van der Waals surface area contributed by atoms with E-state index in [1.54, 1.807) is 13.3 Å². The van der Waals surface area contributed by atoms with Gasteiger partial charge in [-0.1, -0.05) is 36.4 Å². The molecule has 0 heterocycles. The number of benzene rings is 3. The number of amides is 1. The average Bonchev–Trinajstić information content (AvgIpc) is 2.72. The lowest BCUT2D eigenvalue weighted by Crippen LogP contribution is -2.25. The highest BCUT2D eigenvalue weighted by Gasteiger charge is 2.10. The molecule has 0 aliphatic carbocycles. The van der Waals surface area contributed by atoms with E-state index in [9.17, 15) is 4.79 Å². The third-order valence-electron chi connectivity index (χ3n) is 4.17. The molecule has 29 heavy (non-hydrogen) atoms. The van der Waals surface area contributed by atoms with E-state index in [4.69, 9.17) is 9.47 Å². The molecule has 3 aromatic rings. The lowest BCUT2D eigenvalue weighted by molar-refractivity contribution is -0.119. The maximum absolute atomic E-state index is 12.1. The minimum Gasteiger partial charge on any atom is -0.492 e. The molecule has 3 rings (SSSR count). The van der Waals surface area contributed by atoms with Gasteiger partial charge in [0.25, 0.3) is 5.91 Å². The van der Waals surface area contributed by atoms with Gasteiger partial charge in [0, 0.05) is 11.1 Å². The van der Waals surface area contributed by atoms with Gasteiger partial charge in [0.1, 0.15) is 0 Å². The van der Waals surface area contributed by atoms with Gasteiger partial charge in [-0.15, -0.1) is 0 Å². The van der Waals surface area contributed by atoms with Crippen LogP contribution in [0.15, 0.2) is 59.7 Å². The van der Waals surface area contributed by atoms with Gasteiger partial charge in [-0.2, -0.15) is 5.10 Å². The quantitative estimate of drug-likeness (QED) is 0.272. The second-order valence-corrected chi connectivity index (χ2v) is 7.30. The van der Waals surface area contributed by atoms with Gasteiger partial charge in [0.15, 0.2) is 11.5 Å². The van der Waals surface area contributed by atoms with Gasteiger partial charge < -0.3 is 14.8 Å². The molecular formula is C22H22IN3O3. The number of nitrogens with zero attached hydrogens (tertiary/aromatic N) is 1. The van der Waals surface area contributed by atoms with Gasteiger partial charge in [0.05, 0.1) is 30.0 Å². The third kappa shape index (κ3) is 5.38. The summed E-state index contributed by atoms with van der Waals surface area (Å²) >= 11 is 2.18. The van der Waals surface area contributed by atoms with E-state index < -0.39 is 0 Å². The van der Waals surface area contributed by atoms with Crippen molar-refractivity contribution in [1.82, 2.24) is 5.43 Å². The first-order chi connectivity index (χ1) is 14.1. The highest BCUT2D eigenvalue weighted by Crippen LogP contribution is 2.33. The number of carbonyl (C=O) groups is 1. The van der Waals surface area contributed by atoms with Crippen molar-refractivity contribution >= 4 is 51.2 Å². The van der Waals surface area contributed by atoms with Crippen molar-refractivity contribution in [1.29, 1.82) is 0 Å². The maximum Gasteiger partial charge on any atom is 0.259 e. The fraction of sp³-hybridized carbons (Fsp3) is 0.182. The minimum atomic E-state index is -0.234. The summed E-state index contributed by atoms with van der Waals surface area (Å²) in [5, 5.41) is 9.40. The Hall–Kier alpha value is -2.81. The predicted molar refractivity (Wildman–Crippen MR) is 125 cm³/mol. The van der Waals surface area contributed by atoms with E-state index in [1.165, 1.54) is 0 Å². The topological polar surface area (TPSA) is 72.0 Å². The summed E-state index contributed by atoms with van der Waals surface area (Å²) < 4.78 is 11.9. The Morgan fingerprint density at radius 3 is 2.76 bits per heavy atom. The van der Waals surface area contributed by atoms with Gasteiger partial charge in [-0.25, -0.2) is 5.43 Å². The van der Waals surface area contributed by atoms with Crippen LogP contribution in [0.1, 0.15) is 12.5 Å². The number of anilines is 1. The highest BCUT2D eigenvalue weighted by atomic mass is 127. The molecule has 0 saturated heterocycles. The first-order valence-corrected chi connectivity index (χ1v) is 10.2. The van der Waals surface area contributed by atoms with Crippen molar-refractivity contribution in [2.75, 3.05) is 25.6 Å². The number of fused-ring (bicyclic) bond motifs is 1. The number of hydrogen-bond acceptors (Lipinski definition) is 5. The number of halogens is 1. The Balaban J connectivity index is 1.61. The summed E-state index contributed by atoms with van der Waals surface area (Å²) in [4.78, 5) is 12.1. The summed E-state index contributed by atoms with van der Waals surface area (Å²) in [6, 6.07) is 17.7. The number of hydrazone groups is 1. The van der Waals surface area contributed by atoms with Crippen LogP contribution >= 0.6 is 22.6 Å². The molecule has 1 amide bonds. The largest absolute Gasteiger partial charge is 0.492 e. The van der Waals surface area contributed by atoms with E-state index >= 15 is 0 Å². The molecule has 0 spiro atoms. The number of nitrogens with one attached hydrogen (secondary N) is 2. The Labute approximate surface area is 183 Å². The van der Waals surface area contributed by atoms with Crippen LogP contribution in [-0.2, 0) is 4.79 Å². The fourth-order valence-electron chi connectivity index (χ4n) is 2.90. The lowest BCUT2D eigenvalue weighted by Gasteiger charge is -2.12. The SMILES string of the molecule is CCOc1cc(/C=N\NC(=O)CNc2cccc3ccccc23)cc(I)c1OC. The first-order valence-electron chi connectivity index (χ1n) is 9.16. The van der Waals surface area contributed by atoms with E-state index in [2.05, 4.69) is 38.4 Å². The molecule has 0 saturated carbocycles. The van der Waals surface area contributed by atoms with E-state index in [0.29, 0.717) is 18.1 Å². The van der Waals surface area contributed by atoms with Crippen LogP contribution in [0.25, 0.3) is 10.8 Å². The van der Waals surface area contributed by atoms with Crippen LogP contribution < -0.4 is 20.2 Å². The molecule has 3 aromatic carbocycles. The van der Waals surface area contributed by atoms with Gasteiger partial charge in [-0.3, -0.25) is 4.79 Å². The second-order valence-electron chi connectivity index (χ2n) is 6.14. The fourth-order valence-corrected chi connectivity index (χ4v) is 3.74. The van der Waals surface area contributed by atoms with E-state index in [0.717, 1.165) is 25.6 Å². The second kappa shape index (κ2) is 10.1. The van der Waals surface area contributed by atoms with Crippen LogP contribution in [0.5, 0.6) is 11.5 Å². The first kappa shape index (κ1) is 20.9. The number of methoxy groups -OCH3 is 1. The molecule has 0 fully saturated rings.